The van der Waals surface area contributed by atoms with Gasteiger partial charge in [-0.25, -0.2) is 9.97 Å². The standard InChI is InChI=1S/C16H21N7/c1-11-7-13-15(19-8-11)20-16(14(18)23(13)10-17)22-6-5-21-4-2-3-12(21)9-22/h7-8,10,12,17-18H,2-6,9H2,1H3. The summed E-state index contributed by atoms with van der Waals surface area (Å²) in [5, 5.41) is 16.2. The molecule has 0 aromatic carbocycles. The van der Waals surface area contributed by atoms with Gasteiger partial charge in [0.15, 0.2) is 17.0 Å². The Morgan fingerprint density at radius 1 is 1.30 bits per heavy atom. The first kappa shape index (κ1) is 14.3. The van der Waals surface area contributed by atoms with Gasteiger partial charge in [-0.3, -0.25) is 20.3 Å². The van der Waals surface area contributed by atoms with Gasteiger partial charge in [-0.15, -0.1) is 0 Å². The Balaban J connectivity index is 1.81. The lowest BCUT2D eigenvalue weighted by atomic mass is 10.1. The SMILES string of the molecule is Cc1cnc2nc(N3CCN4CCCC4C3)c(=N)n(C=N)c2c1. The van der Waals surface area contributed by atoms with Crippen LogP contribution < -0.4 is 10.4 Å². The molecule has 4 rings (SSSR count). The van der Waals surface area contributed by atoms with Gasteiger partial charge in [0.25, 0.3) is 0 Å². The average molecular weight is 311 g/mol. The Morgan fingerprint density at radius 3 is 3.00 bits per heavy atom. The number of piperazine rings is 1. The number of hydrogen-bond acceptors (Lipinski definition) is 6. The van der Waals surface area contributed by atoms with Crippen molar-refractivity contribution in [2.24, 2.45) is 0 Å². The van der Waals surface area contributed by atoms with Crippen molar-refractivity contribution in [2.75, 3.05) is 31.1 Å². The summed E-state index contributed by atoms with van der Waals surface area (Å²) < 4.78 is 1.57. The van der Waals surface area contributed by atoms with Gasteiger partial charge < -0.3 is 4.90 Å². The molecule has 120 valence electrons. The molecule has 0 spiro atoms. The fraction of sp³-hybridized carbons (Fsp3) is 0.500. The van der Waals surface area contributed by atoms with E-state index in [2.05, 4.69) is 19.8 Å². The van der Waals surface area contributed by atoms with Crippen LogP contribution in [-0.4, -0.2) is 58.0 Å². The molecule has 0 bridgehead atoms. The molecule has 2 saturated heterocycles. The summed E-state index contributed by atoms with van der Waals surface area (Å²) >= 11 is 0. The number of nitrogens with one attached hydrogen (secondary N) is 2. The monoisotopic (exact) mass is 311 g/mol. The Labute approximate surface area is 134 Å². The summed E-state index contributed by atoms with van der Waals surface area (Å²) in [6.07, 6.45) is 5.45. The van der Waals surface area contributed by atoms with Crippen molar-refractivity contribution in [1.29, 1.82) is 10.8 Å². The summed E-state index contributed by atoms with van der Waals surface area (Å²) in [5.74, 6) is 0.643. The molecule has 0 amide bonds. The quantitative estimate of drug-likeness (QED) is 0.639. The Kier molecular flexibility index (Phi) is 3.37. The Bertz CT molecular complexity index is 825. The van der Waals surface area contributed by atoms with Crippen molar-refractivity contribution in [3.8, 4) is 0 Å². The maximum Gasteiger partial charge on any atom is 0.178 e. The van der Waals surface area contributed by atoms with E-state index in [-0.39, 0.29) is 5.49 Å². The van der Waals surface area contributed by atoms with E-state index in [9.17, 15) is 0 Å². The smallest absolute Gasteiger partial charge is 0.178 e. The second-order valence-electron chi connectivity index (χ2n) is 6.42. The first-order chi connectivity index (χ1) is 11.2. The predicted molar refractivity (Wildman–Crippen MR) is 89.1 cm³/mol. The zero-order valence-electron chi connectivity index (χ0n) is 13.3. The van der Waals surface area contributed by atoms with Crippen LogP contribution in [-0.2, 0) is 0 Å². The summed E-state index contributed by atoms with van der Waals surface area (Å²) in [6.45, 7) is 5.96. The first-order valence-electron chi connectivity index (χ1n) is 8.10. The van der Waals surface area contributed by atoms with Crippen molar-refractivity contribution in [3.63, 3.8) is 0 Å². The van der Waals surface area contributed by atoms with Gasteiger partial charge in [-0.05, 0) is 37.9 Å². The number of aromatic nitrogens is 3. The maximum atomic E-state index is 8.49. The molecule has 0 radical (unpaired) electrons. The summed E-state index contributed by atoms with van der Waals surface area (Å²) in [5.41, 5.74) is 2.58. The van der Waals surface area contributed by atoms with Crippen molar-refractivity contribution in [1.82, 2.24) is 19.4 Å². The van der Waals surface area contributed by atoms with Crippen molar-refractivity contribution >= 4 is 23.3 Å². The largest absolute Gasteiger partial charge is 0.351 e. The fourth-order valence-electron chi connectivity index (χ4n) is 3.73. The van der Waals surface area contributed by atoms with E-state index in [1.807, 2.05) is 13.0 Å². The van der Waals surface area contributed by atoms with E-state index in [0.717, 1.165) is 25.2 Å². The number of nitrogens with zero attached hydrogens (tertiary/aromatic N) is 5. The highest BCUT2D eigenvalue weighted by molar-refractivity contribution is 5.80. The first-order valence-corrected chi connectivity index (χ1v) is 8.10. The van der Waals surface area contributed by atoms with E-state index < -0.39 is 0 Å². The van der Waals surface area contributed by atoms with Crippen LogP contribution in [0.1, 0.15) is 18.4 Å². The molecule has 0 saturated carbocycles. The molecule has 2 aromatic heterocycles. The molecule has 1 unspecified atom stereocenters. The molecule has 1 atom stereocenters. The topological polar surface area (TPSA) is 84.9 Å². The summed E-state index contributed by atoms with van der Waals surface area (Å²) in [7, 11) is 0. The fourth-order valence-corrected chi connectivity index (χ4v) is 3.73. The van der Waals surface area contributed by atoms with Crippen molar-refractivity contribution in [2.45, 2.75) is 25.8 Å². The van der Waals surface area contributed by atoms with Crippen LogP contribution in [0.25, 0.3) is 11.2 Å². The van der Waals surface area contributed by atoms with Gasteiger partial charge in [0.2, 0.25) is 0 Å². The van der Waals surface area contributed by atoms with Gasteiger partial charge >= 0.3 is 0 Å². The van der Waals surface area contributed by atoms with Crippen LogP contribution in [0.3, 0.4) is 0 Å². The summed E-state index contributed by atoms with van der Waals surface area (Å²) in [4.78, 5) is 13.8. The van der Waals surface area contributed by atoms with Gasteiger partial charge in [0.05, 0.1) is 11.9 Å². The maximum absolute atomic E-state index is 8.49. The number of fused-ring (bicyclic) bond motifs is 2. The van der Waals surface area contributed by atoms with E-state index in [4.69, 9.17) is 10.8 Å². The highest BCUT2D eigenvalue weighted by atomic mass is 15.3. The molecule has 2 aliphatic rings. The number of rotatable bonds is 2. The minimum Gasteiger partial charge on any atom is -0.351 e. The summed E-state index contributed by atoms with van der Waals surface area (Å²) in [6, 6.07) is 2.50. The molecular weight excluding hydrogens is 290 g/mol. The molecule has 0 aliphatic carbocycles. The van der Waals surface area contributed by atoms with E-state index in [1.54, 1.807) is 10.8 Å². The van der Waals surface area contributed by atoms with Crippen LogP contribution in [0.2, 0.25) is 0 Å². The third-order valence-electron chi connectivity index (χ3n) is 4.92. The van der Waals surface area contributed by atoms with E-state index >= 15 is 0 Å². The Morgan fingerprint density at radius 2 is 2.17 bits per heavy atom. The average Bonchev–Trinajstić information content (AvgIpc) is 3.02. The molecule has 7 heteroatoms. The molecule has 2 fully saturated rings. The Hall–Kier alpha value is -2.28. The highest BCUT2D eigenvalue weighted by Crippen LogP contribution is 2.23. The van der Waals surface area contributed by atoms with E-state index in [0.29, 0.717) is 23.0 Å². The third-order valence-corrected chi connectivity index (χ3v) is 4.92. The van der Waals surface area contributed by atoms with Crippen LogP contribution in [0.5, 0.6) is 0 Å². The van der Waals surface area contributed by atoms with Crippen LogP contribution in [0, 0.1) is 17.7 Å². The molecule has 7 nitrogen and oxygen atoms in total. The molecule has 4 heterocycles. The zero-order valence-corrected chi connectivity index (χ0v) is 13.3. The molecule has 2 aromatic rings. The number of aryl methyl sites for hydroxylation is 1. The van der Waals surface area contributed by atoms with Crippen molar-refractivity contribution in [3.05, 3.63) is 23.3 Å². The molecule has 2 N–H and O–H groups in total. The lowest BCUT2D eigenvalue weighted by Gasteiger charge is -2.38. The van der Waals surface area contributed by atoms with Crippen LogP contribution in [0.15, 0.2) is 12.3 Å². The number of pyridine rings is 1. The molecule has 23 heavy (non-hydrogen) atoms. The lowest BCUT2D eigenvalue weighted by molar-refractivity contribution is 0.230. The number of hydrogen-bond donors (Lipinski definition) is 2. The lowest BCUT2D eigenvalue weighted by Crippen LogP contribution is -2.52. The van der Waals surface area contributed by atoms with Crippen LogP contribution >= 0.6 is 0 Å². The second kappa shape index (κ2) is 5.42. The van der Waals surface area contributed by atoms with E-state index in [1.165, 1.54) is 25.7 Å². The predicted octanol–water partition coefficient (Wildman–Crippen LogP) is 0.959. The van der Waals surface area contributed by atoms with Gasteiger partial charge in [-0.1, -0.05) is 0 Å². The third kappa shape index (κ3) is 2.31. The van der Waals surface area contributed by atoms with Gasteiger partial charge in [0, 0.05) is 31.9 Å². The van der Waals surface area contributed by atoms with Gasteiger partial charge in [0.1, 0.15) is 0 Å². The molecular formula is C16H21N7. The normalized spacial score (nSPS) is 21.6. The second-order valence-corrected chi connectivity index (χ2v) is 6.42. The number of anilines is 1. The highest BCUT2D eigenvalue weighted by Gasteiger charge is 2.31. The zero-order chi connectivity index (χ0) is 16.0. The minimum absolute atomic E-state index is 0.270. The van der Waals surface area contributed by atoms with Crippen LogP contribution in [0.4, 0.5) is 5.82 Å². The van der Waals surface area contributed by atoms with Gasteiger partial charge in [-0.2, -0.15) is 0 Å². The van der Waals surface area contributed by atoms with Crippen molar-refractivity contribution < 1.29 is 0 Å². The molecule has 2 aliphatic heterocycles. The minimum atomic E-state index is 0.270.